The summed E-state index contributed by atoms with van der Waals surface area (Å²) in [6.07, 6.45) is 10.6. The maximum Gasteiger partial charge on any atom is 0.251 e. The first kappa shape index (κ1) is 19.5. The Kier molecular flexibility index (Phi) is 6.92. The van der Waals surface area contributed by atoms with E-state index in [1.54, 1.807) is 30.5 Å². The van der Waals surface area contributed by atoms with Crippen molar-refractivity contribution >= 4 is 29.3 Å². The van der Waals surface area contributed by atoms with Gasteiger partial charge >= 0.3 is 0 Å². The van der Waals surface area contributed by atoms with Gasteiger partial charge in [0, 0.05) is 36.7 Å². The Morgan fingerprint density at radius 2 is 1.85 bits per heavy atom. The standard InChI is InChI=1S/C20H26N4O2S/c1-24-13-12-21-20(24)27-14-18(25)22-17-10-8-15(9-11-17)19(26)23-16-6-4-2-3-5-7-16/h8-13,16H,2-7,14H2,1H3,(H,22,25)(H,23,26). The van der Waals surface area contributed by atoms with Crippen molar-refractivity contribution in [3.63, 3.8) is 0 Å². The highest BCUT2D eigenvalue weighted by molar-refractivity contribution is 7.99. The minimum atomic E-state index is -0.0985. The number of rotatable bonds is 6. The quantitative estimate of drug-likeness (QED) is 0.587. The van der Waals surface area contributed by atoms with Crippen LogP contribution in [-0.4, -0.2) is 33.2 Å². The SMILES string of the molecule is Cn1ccnc1SCC(=O)Nc1ccc(C(=O)NC2CCCCCC2)cc1. The van der Waals surface area contributed by atoms with Crippen molar-refractivity contribution < 1.29 is 9.59 Å². The number of nitrogens with one attached hydrogen (secondary N) is 2. The van der Waals surface area contributed by atoms with E-state index >= 15 is 0 Å². The van der Waals surface area contributed by atoms with E-state index in [0.717, 1.165) is 18.0 Å². The number of hydrogen-bond donors (Lipinski definition) is 2. The van der Waals surface area contributed by atoms with Crippen molar-refractivity contribution in [2.24, 2.45) is 7.05 Å². The molecule has 2 aromatic rings. The van der Waals surface area contributed by atoms with Gasteiger partial charge in [0.15, 0.2) is 5.16 Å². The first-order chi connectivity index (χ1) is 13.1. The summed E-state index contributed by atoms with van der Waals surface area (Å²) in [6, 6.07) is 7.33. The monoisotopic (exact) mass is 386 g/mol. The highest BCUT2D eigenvalue weighted by atomic mass is 32.2. The molecule has 0 radical (unpaired) electrons. The van der Waals surface area contributed by atoms with Gasteiger partial charge in [-0.25, -0.2) is 4.98 Å². The molecule has 1 aliphatic carbocycles. The largest absolute Gasteiger partial charge is 0.349 e. The molecular formula is C20H26N4O2S. The lowest BCUT2D eigenvalue weighted by Crippen LogP contribution is -2.34. The molecule has 6 nitrogen and oxygen atoms in total. The molecule has 0 spiro atoms. The molecule has 144 valence electrons. The third-order valence-corrected chi connectivity index (χ3v) is 5.79. The summed E-state index contributed by atoms with van der Waals surface area (Å²) in [7, 11) is 1.89. The van der Waals surface area contributed by atoms with Crippen LogP contribution >= 0.6 is 11.8 Å². The summed E-state index contributed by atoms with van der Waals surface area (Å²) in [5.74, 6) is 0.151. The van der Waals surface area contributed by atoms with Crippen molar-refractivity contribution in [2.45, 2.75) is 49.7 Å². The van der Waals surface area contributed by atoms with Gasteiger partial charge in [-0.15, -0.1) is 0 Å². The van der Waals surface area contributed by atoms with Gasteiger partial charge in [-0.05, 0) is 37.1 Å². The molecule has 7 heteroatoms. The molecule has 0 unspecified atom stereocenters. The molecule has 0 bridgehead atoms. The molecule has 0 aliphatic heterocycles. The fraction of sp³-hybridized carbons (Fsp3) is 0.450. The van der Waals surface area contributed by atoms with E-state index in [1.807, 2.05) is 17.8 Å². The molecule has 1 aromatic heterocycles. The van der Waals surface area contributed by atoms with Gasteiger partial charge in [-0.2, -0.15) is 0 Å². The van der Waals surface area contributed by atoms with Crippen LogP contribution in [0, 0.1) is 0 Å². The van der Waals surface area contributed by atoms with Gasteiger partial charge < -0.3 is 15.2 Å². The fourth-order valence-electron chi connectivity index (χ4n) is 3.22. The maximum atomic E-state index is 12.4. The number of amides is 2. The first-order valence-electron chi connectivity index (χ1n) is 9.43. The second-order valence-electron chi connectivity index (χ2n) is 6.90. The average molecular weight is 387 g/mol. The maximum absolute atomic E-state index is 12.4. The molecule has 3 rings (SSSR count). The zero-order valence-corrected chi connectivity index (χ0v) is 16.4. The van der Waals surface area contributed by atoms with Gasteiger partial charge in [0.25, 0.3) is 5.91 Å². The van der Waals surface area contributed by atoms with Crippen LogP contribution in [0.2, 0.25) is 0 Å². The van der Waals surface area contributed by atoms with Gasteiger partial charge in [0.05, 0.1) is 5.75 Å². The van der Waals surface area contributed by atoms with Crippen LogP contribution in [-0.2, 0) is 11.8 Å². The number of hydrogen-bond acceptors (Lipinski definition) is 4. The summed E-state index contributed by atoms with van der Waals surface area (Å²) >= 11 is 1.39. The molecule has 1 saturated carbocycles. The molecular weight excluding hydrogens is 360 g/mol. The van der Waals surface area contributed by atoms with E-state index in [2.05, 4.69) is 15.6 Å². The zero-order valence-electron chi connectivity index (χ0n) is 15.6. The average Bonchev–Trinajstić information content (AvgIpc) is 2.90. The van der Waals surface area contributed by atoms with Crippen LogP contribution in [0.4, 0.5) is 5.69 Å². The molecule has 27 heavy (non-hydrogen) atoms. The molecule has 1 heterocycles. The van der Waals surface area contributed by atoms with Crippen LogP contribution < -0.4 is 10.6 Å². The smallest absolute Gasteiger partial charge is 0.251 e. The predicted octanol–water partition coefficient (Wildman–Crippen LogP) is 3.60. The highest BCUT2D eigenvalue weighted by Crippen LogP contribution is 2.18. The topological polar surface area (TPSA) is 76.0 Å². The summed E-state index contributed by atoms with van der Waals surface area (Å²) in [5, 5.41) is 6.79. The Morgan fingerprint density at radius 1 is 1.15 bits per heavy atom. The third kappa shape index (κ3) is 5.85. The molecule has 1 aromatic carbocycles. The van der Waals surface area contributed by atoms with Crippen molar-refractivity contribution in [2.75, 3.05) is 11.1 Å². The van der Waals surface area contributed by atoms with Crippen molar-refractivity contribution in [1.82, 2.24) is 14.9 Å². The Labute approximate surface area is 164 Å². The van der Waals surface area contributed by atoms with E-state index in [-0.39, 0.29) is 23.6 Å². The lowest BCUT2D eigenvalue weighted by Gasteiger charge is -2.16. The van der Waals surface area contributed by atoms with Crippen molar-refractivity contribution in [3.05, 3.63) is 42.2 Å². The lowest BCUT2D eigenvalue weighted by atomic mass is 10.1. The van der Waals surface area contributed by atoms with Gasteiger partial charge in [0.1, 0.15) is 0 Å². The van der Waals surface area contributed by atoms with Crippen LogP contribution in [0.25, 0.3) is 0 Å². The molecule has 0 atom stereocenters. The first-order valence-corrected chi connectivity index (χ1v) is 10.4. The number of carbonyl (C=O) groups excluding carboxylic acids is 2. The van der Waals surface area contributed by atoms with Crippen LogP contribution in [0.1, 0.15) is 48.9 Å². The third-order valence-electron chi connectivity index (χ3n) is 4.73. The molecule has 1 aliphatic rings. The van der Waals surface area contributed by atoms with Crippen molar-refractivity contribution in [3.8, 4) is 0 Å². The summed E-state index contributed by atoms with van der Waals surface area (Å²) in [5.41, 5.74) is 1.31. The number of aromatic nitrogens is 2. The van der Waals surface area contributed by atoms with Gasteiger partial charge in [0.2, 0.25) is 5.91 Å². The van der Waals surface area contributed by atoms with Gasteiger partial charge in [-0.3, -0.25) is 9.59 Å². The van der Waals surface area contributed by atoms with Crippen molar-refractivity contribution in [1.29, 1.82) is 0 Å². The number of aryl methyl sites for hydroxylation is 1. The minimum absolute atomic E-state index is 0.0369. The Bertz CT molecular complexity index is 765. The Balaban J connectivity index is 1.48. The van der Waals surface area contributed by atoms with Gasteiger partial charge in [-0.1, -0.05) is 37.4 Å². The van der Waals surface area contributed by atoms with E-state index in [0.29, 0.717) is 11.3 Å². The molecule has 2 N–H and O–H groups in total. The Morgan fingerprint density at radius 3 is 2.48 bits per heavy atom. The number of thioether (sulfide) groups is 1. The fourth-order valence-corrected chi connectivity index (χ4v) is 3.95. The molecule has 1 fully saturated rings. The summed E-state index contributed by atoms with van der Waals surface area (Å²) in [6.45, 7) is 0. The second kappa shape index (κ2) is 9.60. The van der Waals surface area contributed by atoms with E-state index in [9.17, 15) is 9.59 Å². The predicted molar refractivity (Wildman–Crippen MR) is 108 cm³/mol. The zero-order chi connectivity index (χ0) is 19.1. The molecule has 2 amide bonds. The van der Waals surface area contributed by atoms with Crippen LogP contribution in [0.15, 0.2) is 41.8 Å². The second-order valence-corrected chi connectivity index (χ2v) is 7.84. The van der Waals surface area contributed by atoms with Crippen LogP contribution in [0.3, 0.4) is 0 Å². The number of nitrogens with zero attached hydrogens (tertiary/aromatic N) is 2. The lowest BCUT2D eigenvalue weighted by molar-refractivity contribution is -0.113. The summed E-state index contributed by atoms with van der Waals surface area (Å²) < 4.78 is 1.87. The summed E-state index contributed by atoms with van der Waals surface area (Å²) in [4.78, 5) is 28.7. The van der Waals surface area contributed by atoms with E-state index < -0.39 is 0 Å². The number of carbonyl (C=O) groups is 2. The Hall–Kier alpha value is -2.28. The minimum Gasteiger partial charge on any atom is -0.349 e. The normalized spacial score (nSPS) is 15.1. The molecule has 0 saturated heterocycles. The number of benzene rings is 1. The highest BCUT2D eigenvalue weighted by Gasteiger charge is 2.16. The number of anilines is 1. The van der Waals surface area contributed by atoms with Crippen LogP contribution in [0.5, 0.6) is 0 Å². The number of imidazole rings is 1. The van der Waals surface area contributed by atoms with E-state index in [1.165, 1.54) is 37.4 Å². The van der Waals surface area contributed by atoms with E-state index in [4.69, 9.17) is 0 Å².